The Hall–Kier alpha value is -2.54. The van der Waals surface area contributed by atoms with Crippen LogP contribution in [0, 0.1) is 20.8 Å². The average Bonchev–Trinajstić information content (AvgIpc) is 3.16. The summed E-state index contributed by atoms with van der Waals surface area (Å²) in [6.07, 6.45) is 0. The molecule has 0 saturated carbocycles. The Morgan fingerprint density at radius 3 is 2.39 bits per heavy atom. The number of rotatable bonds is 6. The van der Waals surface area contributed by atoms with Crippen LogP contribution in [0.15, 0.2) is 40.9 Å². The van der Waals surface area contributed by atoms with Gasteiger partial charge in [-0.25, -0.2) is 0 Å². The topological polar surface area (TPSA) is 58.8 Å². The van der Waals surface area contributed by atoms with Gasteiger partial charge in [-0.15, -0.1) is 0 Å². The number of para-hydroxylation sites is 1. The van der Waals surface area contributed by atoms with Gasteiger partial charge in [-0.2, -0.15) is 0 Å². The van der Waals surface area contributed by atoms with Crippen LogP contribution in [0.1, 0.15) is 38.5 Å². The van der Waals surface area contributed by atoms with Crippen LogP contribution < -0.4 is 4.74 Å². The summed E-state index contributed by atoms with van der Waals surface area (Å²) >= 11 is 12.1. The van der Waals surface area contributed by atoms with Crippen molar-refractivity contribution in [3.05, 3.63) is 80.2 Å². The molecule has 174 valence electrons. The number of ether oxygens (including phenoxy) is 1. The summed E-state index contributed by atoms with van der Waals surface area (Å²) in [6.45, 7) is 9.57. The zero-order valence-corrected chi connectivity index (χ0v) is 20.5. The highest BCUT2D eigenvalue weighted by molar-refractivity contribution is 6.42. The van der Waals surface area contributed by atoms with E-state index in [2.05, 4.69) is 10.1 Å². The number of nitrogens with zero attached hydrogens (tertiary/aromatic N) is 3. The molecule has 2 aromatic carbocycles. The number of carbonyl (C=O) groups excluding carboxylic acids is 1. The van der Waals surface area contributed by atoms with Crippen LogP contribution in [0.2, 0.25) is 10.0 Å². The van der Waals surface area contributed by atoms with Crippen LogP contribution >= 0.6 is 23.2 Å². The van der Waals surface area contributed by atoms with E-state index >= 15 is 0 Å². The summed E-state index contributed by atoms with van der Waals surface area (Å²) in [5.74, 6) is 1.30. The molecule has 0 aliphatic carbocycles. The lowest BCUT2D eigenvalue weighted by Gasteiger charge is -2.34. The molecule has 1 aliphatic heterocycles. The summed E-state index contributed by atoms with van der Waals surface area (Å²) in [7, 11) is 0. The van der Waals surface area contributed by atoms with Gasteiger partial charge < -0.3 is 14.2 Å². The Labute approximate surface area is 204 Å². The minimum atomic E-state index is -0.124. The second-order valence-corrected chi connectivity index (χ2v) is 9.21. The van der Waals surface area contributed by atoms with Crippen molar-refractivity contribution in [2.24, 2.45) is 0 Å². The third-order valence-corrected chi connectivity index (χ3v) is 6.75. The molecule has 2 heterocycles. The lowest BCUT2D eigenvalue weighted by molar-refractivity contribution is 0.0616. The number of hydrogen-bond donors (Lipinski definition) is 0. The van der Waals surface area contributed by atoms with Crippen LogP contribution in [0.5, 0.6) is 5.75 Å². The van der Waals surface area contributed by atoms with Gasteiger partial charge in [0.15, 0.2) is 5.69 Å². The molecule has 0 N–H and O–H groups in total. The molecule has 1 saturated heterocycles. The van der Waals surface area contributed by atoms with Gasteiger partial charge in [0.2, 0.25) is 0 Å². The monoisotopic (exact) mass is 487 g/mol. The maximum Gasteiger partial charge on any atom is 0.276 e. The first-order valence-electron chi connectivity index (χ1n) is 10.9. The van der Waals surface area contributed by atoms with Crippen molar-refractivity contribution in [1.29, 1.82) is 0 Å². The van der Waals surface area contributed by atoms with Gasteiger partial charge in [0.1, 0.15) is 18.1 Å². The normalized spacial score (nSPS) is 14.5. The van der Waals surface area contributed by atoms with Crippen LogP contribution in [0.25, 0.3) is 0 Å². The fraction of sp³-hybridized carbons (Fsp3) is 0.360. The molecule has 1 aromatic heterocycles. The van der Waals surface area contributed by atoms with E-state index in [-0.39, 0.29) is 12.5 Å². The second-order valence-electron chi connectivity index (χ2n) is 8.39. The van der Waals surface area contributed by atoms with Gasteiger partial charge in [-0.3, -0.25) is 9.69 Å². The third kappa shape index (κ3) is 5.35. The van der Waals surface area contributed by atoms with Crippen molar-refractivity contribution in [1.82, 2.24) is 15.0 Å². The van der Waals surface area contributed by atoms with E-state index < -0.39 is 0 Å². The zero-order valence-electron chi connectivity index (χ0n) is 19.0. The van der Waals surface area contributed by atoms with Crippen molar-refractivity contribution in [2.45, 2.75) is 33.9 Å². The molecule has 4 rings (SSSR count). The SMILES string of the molecule is Cc1cccc(C)c1OCc1c(C(=O)N2CCN(Cc3ccc(Cl)c(Cl)c3)CC2)noc1C. The molecule has 0 radical (unpaired) electrons. The standard InChI is InChI=1S/C25H27Cl2N3O3/c1-16-5-4-6-17(2)24(16)32-15-20-18(3)33-28-23(20)25(31)30-11-9-29(10-12-30)14-19-7-8-21(26)22(27)13-19/h4-8,13H,9-12,14-15H2,1-3H3. The highest BCUT2D eigenvalue weighted by Gasteiger charge is 2.28. The molecular formula is C25H27Cl2N3O3. The molecule has 6 nitrogen and oxygen atoms in total. The van der Waals surface area contributed by atoms with Crippen LogP contribution in [0.3, 0.4) is 0 Å². The van der Waals surface area contributed by atoms with E-state index in [4.69, 9.17) is 32.5 Å². The Bertz CT molecular complexity index is 1130. The minimum absolute atomic E-state index is 0.124. The van der Waals surface area contributed by atoms with Crippen molar-refractivity contribution in [3.63, 3.8) is 0 Å². The fourth-order valence-electron chi connectivity index (χ4n) is 4.06. The van der Waals surface area contributed by atoms with Gasteiger partial charge in [0, 0.05) is 32.7 Å². The molecule has 0 bridgehead atoms. The number of hydrogen-bond acceptors (Lipinski definition) is 5. The average molecular weight is 488 g/mol. The Kier molecular flexibility index (Phi) is 7.27. The fourth-order valence-corrected chi connectivity index (χ4v) is 4.38. The van der Waals surface area contributed by atoms with Crippen molar-refractivity contribution in [2.75, 3.05) is 26.2 Å². The number of carbonyl (C=O) groups is 1. The molecule has 0 unspecified atom stereocenters. The van der Waals surface area contributed by atoms with E-state index in [1.54, 1.807) is 0 Å². The molecule has 3 aromatic rings. The molecule has 1 aliphatic rings. The summed E-state index contributed by atoms with van der Waals surface area (Å²) < 4.78 is 11.4. The van der Waals surface area contributed by atoms with Crippen LogP contribution in [-0.4, -0.2) is 47.0 Å². The number of piperazine rings is 1. The Balaban J connectivity index is 1.38. The molecule has 0 spiro atoms. The lowest BCUT2D eigenvalue weighted by atomic mass is 10.1. The highest BCUT2D eigenvalue weighted by atomic mass is 35.5. The van der Waals surface area contributed by atoms with E-state index in [9.17, 15) is 4.79 Å². The summed E-state index contributed by atoms with van der Waals surface area (Å²) in [5, 5.41) is 5.17. The maximum atomic E-state index is 13.2. The van der Waals surface area contributed by atoms with Gasteiger partial charge in [-0.1, -0.05) is 52.6 Å². The number of amides is 1. The quantitative estimate of drug-likeness (QED) is 0.462. The largest absolute Gasteiger partial charge is 0.488 e. The molecule has 1 fully saturated rings. The summed E-state index contributed by atoms with van der Waals surface area (Å²) in [6, 6.07) is 11.7. The highest BCUT2D eigenvalue weighted by Crippen LogP contribution is 2.26. The second kappa shape index (κ2) is 10.2. The maximum absolute atomic E-state index is 13.2. The molecule has 33 heavy (non-hydrogen) atoms. The Morgan fingerprint density at radius 2 is 1.73 bits per heavy atom. The number of halogens is 2. The number of benzene rings is 2. The first-order chi connectivity index (χ1) is 15.8. The van der Waals surface area contributed by atoms with Crippen molar-refractivity contribution >= 4 is 29.1 Å². The van der Waals surface area contributed by atoms with Crippen LogP contribution in [0.4, 0.5) is 0 Å². The van der Waals surface area contributed by atoms with Gasteiger partial charge in [-0.05, 0) is 49.6 Å². The Morgan fingerprint density at radius 1 is 1.03 bits per heavy atom. The zero-order chi connectivity index (χ0) is 23.5. The van der Waals surface area contributed by atoms with E-state index in [1.165, 1.54) is 0 Å². The van der Waals surface area contributed by atoms with Gasteiger partial charge >= 0.3 is 0 Å². The van der Waals surface area contributed by atoms with Crippen LogP contribution in [-0.2, 0) is 13.2 Å². The van der Waals surface area contributed by atoms with E-state index in [0.717, 1.165) is 42.1 Å². The van der Waals surface area contributed by atoms with Crippen molar-refractivity contribution < 1.29 is 14.1 Å². The number of aromatic nitrogens is 1. The summed E-state index contributed by atoms with van der Waals surface area (Å²) in [4.78, 5) is 17.3. The molecule has 8 heteroatoms. The third-order valence-electron chi connectivity index (χ3n) is 6.01. The smallest absolute Gasteiger partial charge is 0.276 e. The molecular weight excluding hydrogens is 461 g/mol. The number of aryl methyl sites for hydroxylation is 3. The lowest BCUT2D eigenvalue weighted by Crippen LogP contribution is -2.48. The predicted molar refractivity (Wildman–Crippen MR) is 129 cm³/mol. The van der Waals surface area contributed by atoms with E-state index in [0.29, 0.717) is 40.2 Å². The van der Waals surface area contributed by atoms with Gasteiger partial charge in [0.25, 0.3) is 5.91 Å². The van der Waals surface area contributed by atoms with Gasteiger partial charge in [0.05, 0.1) is 15.6 Å². The molecule has 0 atom stereocenters. The predicted octanol–water partition coefficient (Wildman–Crippen LogP) is 5.44. The summed E-state index contributed by atoms with van der Waals surface area (Å²) in [5.41, 5.74) is 4.23. The first-order valence-corrected chi connectivity index (χ1v) is 11.7. The molecule has 1 amide bonds. The van der Waals surface area contributed by atoms with E-state index in [1.807, 2.05) is 62.1 Å². The first kappa shape index (κ1) is 23.6. The van der Waals surface area contributed by atoms with Crippen molar-refractivity contribution in [3.8, 4) is 5.75 Å². The minimum Gasteiger partial charge on any atom is -0.488 e.